The van der Waals surface area contributed by atoms with Crippen LogP contribution in [0.1, 0.15) is 30.8 Å². The molecule has 0 spiro atoms. The first-order valence-electron chi connectivity index (χ1n) is 9.19. The van der Waals surface area contributed by atoms with Crippen molar-refractivity contribution in [3.05, 3.63) is 40.5 Å². The van der Waals surface area contributed by atoms with Crippen molar-refractivity contribution >= 4 is 33.6 Å². The number of nitrogens with zero attached hydrogens (tertiary/aromatic N) is 2. The van der Waals surface area contributed by atoms with Gasteiger partial charge in [-0.15, -0.1) is 11.3 Å². The molecule has 1 fully saturated rings. The molecule has 3 heterocycles. The zero-order valence-electron chi connectivity index (χ0n) is 15.2. The fourth-order valence-electron chi connectivity index (χ4n) is 3.61. The van der Waals surface area contributed by atoms with E-state index in [4.69, 9.17) is 9.72 Å². The summed E-state index contributed by atoms with van der Waals surface area (Å²) in [7, 11) is 0. The first kappa shape index (κ1) is 17.9. The van der Waals surface area contributed by atoms with Gasteiger partial charge in [0.05, 0.1) is 35.0 Å². The van der Waals surface area contributed by atoms with Crippen LogP contribution in [0, 0.1) is 0 Å². The van der Waals surface area contributed by atoms with E-state index in [0.29, 0.717) is 24.4 Å². The Labute approximate surface area is 161 Å². The van der Waals surface area contributed by atoms with Crippen molar-refractivity contribution in [1.29, 1.82) is 0 Å². The number of carbonyl (C=O) groups is 2. The second-order valence-electron chi connectivity index (χ2n) is 6.63. The molecule has 8 heteroatoms. The Balaban J connectivity index is 1.59. The first-order valence-corrected chi connectivity index (χ1v) is 10.0. The highest BCUT2D eigenvalue weighted by Gasteiger charge is 2.32. The highest BCUT2D eigenvalue weighted by molar-refractivity contribution is 7.18. The Kier molecular flexibility index (Phi) is 5.09. The van der Waals surface area contributed by atoms with E-state index < -0.39 is 0 Å². The predicted molar refractivity (Wildman–Crippen MR) is 103 cm³/mol. The van der Waals surface area contributed by atoms with Gasteiger partial charge in [0.2, 0.25) is 0 Å². The number of urea groups is 1. The van der Waals surface area contributed by atoms with Crippen molar-refractivity contribution in [3.63, 3.8) is 0 Å². The molecule has 142 valence electrons. The second-order valence-corrected chi connectivity index (χ2v) is 7.70. The van der Waals surface area contributed by atoms with E-state index in [1.54, 1.807) is 18.3 Å². The third-order valence-corrected chi connectivity index (χ3v) is 6.03. The zero-order valence-corrected chi connectivity index (χ0v) is 16.0. The number of carbonyl (C=O) groups excluding carboxylic acids is 2. The summed E-state index contributed by atoms with van der Waals surface area (Å²) >= 11 is 1.72. The summed E-state index contributed by atoms with van der Waals surface area (Å²) in [6, 6.07) is 8.06. The molecule has 2 aliphatic heterocycles. The molecule has 0 saturated carbocycles. The lowest BCUT2D eigenvalue weighted by molar-refractivity contribution is -0.138. The van der Waals surface area contributed by atoms with Crippen molar-refractivity contribution in [2.45, 2.75) is 25.8 Å². The lowest BCUT2D eigenvalue weighted by Crippen LogP contribution is -2.46. The van der Waals surface area contributed by atoms with Gasteiger partial charge in [0.25, 0.3) is 0 Å². The summed E-state index contributed by atoms with van der Waals surface area (Å²) in [5.41, 5.74) is 2.14. The van der Waals surface area contributed by atoms with Gasteiger partial charge in [0, 0.05) is 12.2 Å². The number of nitrogens with one attached hydrogen (secondary N) is 2. The van der Waals surface area contributed by atoms with E-state index >= 15 is 0 Å². The molecule has 1 atom stereocenters. The highest BCUT2D eigenvalue weighted by Crippen LogP contribution is 2.36. The number of amides is 2. The number of thiazole rings is 1. The Hall–Kier alpha value is -2.45. The Morgan fingerprint density at radius 1 is 1.41 bits per heavy atom. The highest BCUT2D eigenvalue weighted by atomic mass is 32.1. The van der Waals surface area contributed by atoms with Gasteiger partial charge in [-0.05, 0) is 38.4 Å². The molecule has 2 aliphatic rings. The van der Waals surface area contributed by atoms with Crippen molar-refractivity contribution in [1.82, 2.24) is 20.5 Å². The number of benzene rings is 1. The van der Waals surface area contributed by atoms with Crippen LogP contribution in [0.5, 0.6) is 0 Å². The van der Waals surface area contributed by atoms with E-state index in [1.807, 2.05) is 18.2 Å². The minimum absolute atomic E-state index is 0.194. The smallest absolute Gasteiger partial charge is 0.337 e. The van der Waals surface area contributed by atoms with Crippen LogP contribution in [0.4, 0.5) is 4.79 Å². The molecule has 2 aromatic rings. The summed E-state index contributed by atoms with van der Waals surface area (Å²) in [6.45, 7) is 3.68. The van der Waals surface area contributed by atoms with Crippen LogP contribution >= 0.6 is 11.3 Å². The van der Waals surface area contributed by atoms with E-state index in [1.165, 1.54) is 4.70 Å². The van der Waals surface area contributed by atoms with Gasteiger partial charge in [-0.2, -0.15) is 0 Å². The van der Waals surface area contributed by atoms with Gasteiger partial charge in [-0.25, -0.2) is 14.6 Å². The first-order chi connectivity index (χ1) is 13.2. The van der Waals surface area contributed by atoms with Crippen molar-refractivity contribution in [2.75, 3.05) is 26.2 Å². The molecule has 27 heavy (non-hydrogen) atoms. The number of esters is 1. The number of para-hydroxylation sites is 1. The third kappa shape index (κ3) is 3.68. The number of aromatic nitrogens is 1. The van der Waals surface area contributed by atoms with Crippen molar-refractivity contribution < 1.29 is 14.3 Å². The van der Waals surface area contributed by atoms with E-state index in [0.717, 1.165) is 29.9 Å². The average molecular weight is 386 g/mol. The molecule has 7 nitrogen and oxygen atoms in total. The lowest BCUT2D eigenvalue weighted by Gasteiger charge is -2.28. The Morgan fingerprint density at radius 3 is 3.07 bits per heavy atom. The molecule has 1 aromatic heterocycles. The Morgan fingerprint density at radius 2 is 2.26 bits per heavy atom. The van der Waals surface area contributed by atoms with Gasteiger partial charge in [-0.1, -0.05) is 12.1 Å². The maximum Gasteiger partial charge on any atom is 0.337 e. The number of hydrogen-bond acceptors (Lipinski definition) is 6. The molecule has 4 rings (SSSR count). The van der Waals surface area contributed by atoms with Crippen LogP contribution in [-0.2, 0) is 9.53 Å². The molecule has 2 amide bonds. The summed E-state index contributed by atoms with van der Waals surface area (Å²) in [4.78, 5) is 31.2. The molecule has 0 aliphatic carbocycles. The van der Waals surface area contributed by atoms with Gasteiger partial charge in [0.15, 0.2) is 0 Å². The normalized spacial score (nSPS) is 20.6. The van der Waals surface area contributed by atoms with E-state index in [-0.39, 0.29) is 24.6 Å². The minimum atomic E-state index is -0.379. The van der Waals surface area contributed by atoms with Crippen LogP contribution in [0.3, 0.4) is 0 Å². The quantitative estimate of drug-likeness (QED) is 0.772. The summed E-state index contributed by atoms with van der Waals surface area (Å²) in [5, 5.41) is 6.54. The molecular weight excluding hydrogens is 364 g/mol. The molecule has 2 N–H and O–H groups in total. The molecule has 1 saturated heterocycles. The Bertz CT molecular complexity index is 874. The number of hydrogen-bond donors (Lipinski definition) is 2. The SMILES string of the molecule is CCOC(=O)C1=C(CN2CCCC2c2nc3ccccc3s2)NC(=O)NC1. The molecule has 1 aromatic carbocycles. The lowest BCUT2D eigenvalue weighted by atomic mass is 10.1. The van der Waals surface area contributed by atoms with Gasteiger partial charge in [-0.3, -0.25) is 4.90 Å². The monoisotopic (exact) mass is 386 g/mol. The standard InChI is InChI=1S/C19H22N4O3S/c1-2-26-18(24)12-10-20-19(25)22-14(12)11-23-9-5-7-15(23)17-21-13-6-3-4-8-16(13)27-17/h3-4,6,8,15H,2,5,7,9-11H2,1H3,(H2,20,22,25). The number of fused-ring (bicyclic) bond motifs is 1. The minimum Gasteiger partial charge on any atom is -0.463 e. The van der Waals surface area contributed by atoms with Gasteiger partial charge < -0.3 is 15.4 Å². The predicted octanol–water partition coefficient (Wildman–Crippen LogP) is 2.56. The zero-order chi connectivity index (χ0) is 18.8. The van der Waals surface area contributed by atoms with Crippen LogP contribution in [-0.4, -0.2) is 48.1 Å². The summed E-state index contributed by atoms with van der Waals surface area (Å²) in [6.07, 6.45) is 2.09. The maximum absolute atomic E-state index is 12.3. The molecular formula is C19H22N4O3S. The molecule has 1 unspecified atom stereocenters. The van der Waals surface area contributed by atoms with E-state index in [9.17, 15) is 9.59 Å². The third-order valence-electron chi connectivity index (χ3n) is 4.90. The summed E-state index contributed by atoms with van der Waals surface area (Å²) < 4.78 is 6.33. The van der Waals surface area contributed by atoms with Gasteiger partial charge >= 0.3 is 12.0 Å². The fourth-order valence-corrected chi connectivity index (χ4v) is 4.75. The van der Waals surface area contributed by atoms with Crippen LogP contribution in [0.15, 0.2) is 35.5 Å². The van der Waals surface area contributed by atoms with Gasteiger partial charge in [0.1, 0.15) is 5.01 Å². The van der Waals surface area contributed by atoms with E-state index in [2.05, 4.69) is 21.6 Å². The van der Waals surface area contributed by atoms with Crippen molar-refractivity contribution in [3.8, 4) is 0 Å². The average Bonchev–Trinajstić information content (AvgIpc) is 3.28. The molecule has 0 radical (unpaired) electrons. The van der Waals surface area contributed by atoms with Crippen molar-refractivity contribution in [2.24, 2.45) is 0 Å². The largest absolute Gasteiger partial charge is 0.463 e. The van der Waals surface area contributed by atoms with Crippen LogP contribution < -0.4 is 10.6 Å². The maximum atomic E-state index is 12.3. The number of rotatable bonds is 5. The fraction of sp³-hybridized carbons (Fsp3) is 0.421. The van der Waals surface area contributed by atoms with Crippen LogP contribution in [0.2, 0.25) is 0 Å². The second kappa shape index (κ2) is 7.66. The molecule has 0 bridgehead atoms. The number of ether oxygens (including phenoxy) is 1. The topological polar surface area (TPSA) is 83.6 Å². The number of likely N-dealkylation sites (tertiary alicyclic amines) is 1. The summed E-state index contributed by atoms with van der Waals surface area (Å²) in [5.74, 6) is -0.379. The van der Waals surface area contributed by atoms with Crippen LogP contribution in [0.25, 0.3) is 10.2 Å².